The van der Waals surface area contributed by atoms with Crippen molar-refractivity contribution in [1.29, 1.82) is 0 Å². The van der Waals surface area contributed by atoms with Gasteiger partial charge in [0.25, 0.3) is 0 Å². The van der Waals surface area contributed by atoms with Gasteiger partial charge in [0.2, 0.25) is 0 Å². The molecule has 2 unspecified atom stereocenters. The predicted octanol–water partition coefficient (Wildman–Crippen LogP) is 3.83. The first kappa shape index (κ1) is 24.1. The maximum absolute atomic E-state index is 6.19. The fraction of sp³-hybridized carbons (Fsp3) is 0.458. The molecule has 33 heavy (non-hydrogen) atoms. The number of tetrazole rings is 1. The number of halogens is 2. The molecule has 2 aromatic carbocycles. The lowest BCUT2D eigenvalue weighted by Crippen LogP contribution is -2.48. The lowest BCUT2D eigenvalue weighted by Gasteiger charge is -2.39. The molecule has 0 radical (unpaired) electrons. The average Bonchev–Trinajstić information content (AvgIpc) is 3.50. The number of hydrogen-bond acceptors (Lipinski definition) is 6. The highest BCUT2D eigenvalue weighted by molar-refractivity contribution is 6.30. The Hall–Kier alpha value is -2.03. The largest absolute Gasteiger partial charge is 0.376 e. The van der Waals surface area contributed by atoms with Gasteiger partial charge in [0, 0.05) is 44.4 Å². The van der Waals surface area contributed by atoms with Gasteiger partial charge in [-0.1, -0.05) is 54.1 Å². The molecule has 0 amide bonds. The molecule has 0 N–H and O–H groups in total. The summed E-state index contributed by atoms with van der Waals surface area (Å²) in [5, 5.41) is 13.6. The van der Waals surface area contributed by atoms with E-state index in [0.717, 1.165) is 68.6 Å². The molecule has 1 aromatic heterocycles. The molecule has 2 aliphatic rings. The molecular weight excluding hydrogens is 459 g/mol. The van der Waals surface area contributed by atoms with Crippen LogP contribution in [0.4, 0.5) is 0 Å². The molecule has 2 saturated heterocycles. The molecule has 3 heterocycles. The summed E-state index contributed by atoms with van der Waals surface area (Å²) in [6.07, 6.45) is 2.35. The van der Waals surface area contributed by atoms with Gasteiger partial charge >= 0.3 is 0 Å². The standard InChI is InChI=1S/C24H29ClN6O.ClH/c25-21-10-8-20(9-11-21)23(24-26-27-28-31(24)18-22-7-4-16-32-22)30-14-12-29(13-15-30)17-19-5-2-1-3-6-19;/h1-3,5-6,8-11,22-23H,4,7,12-18H2;1H. The first-order valence-electron chi connectivity index (χ1n) is 11.4. The molecule has 5 rings (SSSR count). The minimum Gasteiger partial charge on any atom is -0.376 e. The van der Waals surface area contributed by atoms with Crippen LogP contribution in [0.25, 0.3) is 0 Å². The highest BCUT2D eigenvalue weighted by Gasteiger charge is 2.31. The van der Waals surface area contributed by atoms with Gasteiger partial charge in [0.15, 0.2) is 5.82 Å². The summed E-state index contributed by atoms with van der Waals surface area (Å²) in [5.41, 5.74) is 2.52. The first-order chi connectivity index (χ1) is 15.8. The van der Waals surface area contributed by atoms with Gasteiger partial charge in [-0.15, -0.1) is 17.5 Å². The van der Waals surface area contributed by atoms with Crippen molar-refractivity contribution in [2.24, 2.45) is 0 Å². The maximum atomic E-state index is 6.19. The Morgan fingerprint density at radius 1 is 1.00 bits per heavy atom. The van der Waals surface area contributed by atoms with Crippen molar-refractivity contribution in [2.45, 2.75) is 38.1 Å². The van der Waals surface area contributed by atoms with E-state index in [-0.39, 0.29) is 24.6 Å². The van der Waals surface area contributed by atoms with Crippen molar-refractivity contribution in [3.05, 3.63) is 76.6 Å². The van der Waals surface area contributed by atoms with Crippen molar-refractivity contribution in [3.8, 4) is 0 Å². The molecule has 2 atom stereocenters. The van der Waals surface area contributed by atoms with Gasteiger partial charge in [0.05, 0.1) is 18.7 Å². The minimum atomic E-state index is -0.0115. The zero-order valence-electron chi connectivity index (χ0n) is 18.6. The van der Waals surface area contributed by atoms with Crippen molar-refractivity contribution >= 4 is 24.0 Å². The summed E-state index contributed by atoms with van der Waals surface area (Å²) in [5.74, 6) is 0.874. The van der Waals surface area contributed by atoms with Crippen LogP contribution in [0.1, 0.15) is 35.8 Å². The summed E-state index contributed by atoms with van der Waals surface area (Å²) < 4.78 is 7.78. The summed E-state index contributed by atoms with van der Waals surface area (Å²) in [6.45, 7) is 6.42. The highest BCUT2D eigenvalue weighted by Crippen LogP contribution is 2.30. The number of hydrogen-bond donors (Lipinski definition) is 0. The van der Waals surface area contributed by atoms with Crippen molar-refractivity contribution in [3.63, 3.8) is 0 Å². The smallest absolute Gasteiger partial charge is 0.173 e. The van der Waals surface area contributed by atoms with Crippen LogP contribution in [-0.2, 0) is 17.8 Å². The second-order valence-electron chi connectivity index (χ2n) is 8.61. The average molecular weight is 489 g/mol. The molecule has 7 nitrogen and oxygen atoms in total. The maximum Gasteiger partial charge on any atom is 0.173 e. The van der Waals surface area contributed by atoms with Crippen LogP contribution in [-0.4, -0.2) is 68.9 Å². The van der Waals surface area contributed by atoms with E-state index in [9.17, 15) is 0 Å². The lowest BCUT2D eigenvalue weighted by atomic mass is 10.0. The van der Waals surface area contributed by atoms with Crippen LogP contribution < -0.4 is 0 Å². The van der Waals surface area contributed by atoms with Crippen LogP contribution in [0.3, 0.4) is 0 Å². The van der Waals surface area contributed by atoms with Crippen LogP contribution in [0, 0.1) is 0 Å². The lowest BCUT2D eigenvalue weighted by molar-refractivity contribution is 0.0842. The van der Waals surface area contributed by atoms with E-state index < -0.39 is 0 Å². The first-order valence-corrected chi connectivity index (χ1v) is 11.8. The van der Waals surface area contributed by atoms with Gasteiger partial charge in [-0.2, -0.15) is 0 Å². The zero-order chi connectivity index (χ0) is 21.8. The van der Waals surface area contributed by atoms with E-state index in [4.69, 9.17) is 16.3 Å². The summed E-state index contributed by atoms with van der Waals surface area (Å²) in [6, 6.07) is 18.7. The number of aromatic nitrogens is 4. The Morgan fingerprint density at radius 3 is 2.45 bits per heavy atom. The van der Waals surface area contributed by atoms with Gasteiger partial charge < -0.3 is 4.74 Å². The second-order valence-corrected chi connectivity index (χ2v) is 9.04. The monoisotopic (exact) mass is 488 g/mol. The Balaban J connectivity index is 0.00000259. The third-order valence-electron chi connectivity index (χ3n) is 6.41. The van der Waals surface area contributed by atoms with E-state index >= 15 is 0 Å². The van der Waals surface area contributed by atoms with E-state index in [1.165, 1.54) is 5.56 Å². The third kappa shape index (κ3) is 5.91. The van der Waals surface area contributed by atoms with E-state index in [1.54, 1.807) is 0 Å². The van der Waals surface area contributed by atoms with Gasteiger partial charge in [-0.05, 0) is 46.5 Å². The fourth-order valence-corrected chi connectivity index (χ4v) is 4.83. The molecule has 0 saturated carbocycles. The van der Waals surface area contributed by atoms with Gasteiger partial charge in [-0.3, -0.25) is 9.80 Å². The van der Waals surface area contributed by atoms with Crippen LogP contribution >= 0.6 is 24.0 Å². The van der Waals surface area contributed by atoms with Crippen LogP contribution in [0.2, 0.25) is 5.02 Å². The summed E-state index contributed by atoms with van der Waals surface area (Å²) in [4.78, 5) is 5.00. The topological polar surface area (TPSA) is 59.3 Å². The van der Waals surface area contributed by atoms with Crippen LogP contribution in [0.15, 0.2) is 54.6 Å². The number of rotatable bonds is 7. The molecule has 0 spiro atoms. The zero-order valence-corrected chi connectivity index (χ0v) is 20.2. The highest BCUT2D eigenvalue weighted by atomic mass is 35.5. The number of ether oxygens (including phenoxy) is 1. The molecule has 176 valence electrons. The molecule has 2 aliphatic heterocycles. The molecule has 0 aliphatic carbocycles. The summed E-state index contributed by atoms with van der Waals surface area (Å²) in [7, 11) is 0. The minimum absolute atomic E-state index is 0. The van der Waals surface area contributed by atoms with Crippen molar-refractivity contribution in [2.75, 3.05) is 32.8 Å². The normalized spacial score (nSPS) is 20.5. The van der Waals surface area contributed by atoms with Crippen molar-refractivity contribution in [1.82, 2.24) is 30.0 Å². The Morgan fingerprint density at radius 2 is 1.76 bits per heavy atom. The quantitative estimate of drug-likeness (QED) is 0.503. The predicted molar refractivity (Wildman–Crippen MR) is 131 cm³/mol. The Kier molecular flexibility index (Phi) is 8.33. The van der Waals surface area contributed by atoms with E-state index in [0.29, 0.717) is 6.54 Å². The molecule has 9 heteroatoms. The number of benzene rings is 2. The van der Waals surface area contributed by atoms with Gasteiger partial charge in [0.1, 0.15) is 0 Å². The summed E-state index contributed by atoms with van der Waals surface area (Å²) >= 11 is 6.19. The fourth-order valence-electron chi connectivity index (χ4n) is 4.71. The molecule has 2 fully saturated rings. The van der Waals surface area contributed by atoms with Crippen LogP contribution in [0.5, 0.6) is 0 Å². The number of piperazine rings is 1. The third-order valence-corrected chi connectivity index (χ3v) is 6.66. The SMILES string of the molecule is Cl.Clc1ccc(C(c2nnnn2CC2CCCO2)N2CCN(Cc3ccccc3)CC2)cc1. The second kappa shape index (κ2) is 11.4. The number of nitrogens with zero attached hydrogens (tertiary/aromatic N) is 6. The van der Waals surface area contributed by atoms with E-state index in [1.807, 2.05) is 16.8 Å². The van der Waals surface area contributed by atoms with Gasteiger partial charge in [-0.25, -0.2) is 4.68 Å². The molecule has 3 aromatic rings. The Bertz CT molecular complexity index is 986. The van der Waals surface area contributed by atoms with Crippen molar-refractivity contribution < 1.29 is 4.74 Å². The molecule has 0 bridgehead atoms. The molecular formula is C24H30Cl2N6O. The Labute approximate surface area is 206 Å². The van der Waals surface area contributed by atoms with E-state index in [2.05, 4.69) is 67.8 Å².